The van der Waals surface area contributed by atoms with Crippen molar-refractivity contribution in [1.29, 1.82) is 0 Å². The second-order valence-electron chi connectivity index (χ2n) is 8.95. The Bertz CT molecular complexity index is 1390. The lowest BCUT2D eigenvalue weighted by atomic mass is 9.75. The molecule has 1 N–H and O–H groups in total. The van der Waals surface area contributed by atoms with Crippen LogP contribution in [0.4, 0.5) is 8.78 Å². The van der Waals surface area contributed by atoms with Crippen molar-refractivity contribution in [2.24, 2.45) is 0 Å². The Morgan fingerprint density at radius 3 is 2.24 bits per heavy atom. The minimum absolute atomic E-state index is 0.00748. The van der Waals surface area contributed by atoms with E-state index in [4.69, 9.17) is 21.1 Å². The molecule has 3 atom stereocenters. The summed E-state index contributed by atoms with van der Waals surface area (Å²) in [5.41, 5.74) is -0.340. The number of benzene rings is 3. The molecule has 0 saturated carbocycles. The molecule has 3 aromatic rings. The van der Waals surface area contributed by atoms with Gasteiger partial charge in [0.1, 0.15) is 16.5 Å². The predicted molar refractivity (Wildman–Crippen MR) is 141 cm³/mol. The zero-order chi connectivity index (χ0) is 28.1. The zero-order valence-electron chi connectivity index (χ0n) is 21.5. The molecule has 0 aromatic heterocycles. The van der Waals surface area contributed by atoms with E-state index >= 15 is 4.39 Å². The molecule has 0 spiro atoms. The number of aryl methyl sites for hydroxylation is 1. The molecular formula is C28H30ClF2NO5S. The number of nitrogens with one attached hydrogen (secondary N) is 1. The maximum Gasteiger partial charge on any atom is 0.330 e. The number of hydrogen-bond acceptors (Lipinski definition) is 5. The van der Waals surface area contributed by atoms with E-state index in [0.29, 0.717) is 11.1 Å². The van der Waals surface area contributed by atoms with Gasteiger partial charge in [-0.05, 0) is 61.2 Å². The summed E-state index contributed by atoms with van der Waals surface area (Å²) < 4.78 is 70.8. The van der Waals surface area contributed by atoms with Crippen molar-refractivity contribution in [1.82, 2.24) is 4.72 Å². The molecule has 0 amide bonds. The van der Waals surface area contributed by atoms with Gasteiger partial charge in [-0.15, -0.1) is 11.6 Å². The van der Waals surface area contributed by atoms with Crippen LogP contribution in [0.1, 0.15) is 35.1 Å². The standard InChI is InChI=1S/C28H30ClF2NO5S/c1-18-14-15-24(31)26(19(18)2)22(16-29)28(27(33)36-4,20(3)37-17-21-10-6-5-7-11-21)32-38(34,35)25-13-9-8-12-23(25)30/h5-15,20,22,32H,16-17H2,1-4H3. The minimum Gasteiger partial charge on any atom is -0.468 e. The van der Waals surface area contributed by atoms with Crippen molar-refractivity contribution in [2.75, 3.05) is 13.0 Å². The first kappa shape index (κ1) is 29.7. The van der Waals surface area contributed by atoms with Crippen LogP contribution < -0.4 is 4.72 Å². The first-order valence-corrected chi connectivity index (χ1v) is 13.8. The van der Waals surface area contributed by atoms with E-state index in [1.807, 2.05) is 6.07 Å². The Hall–Kier alpha value is -2.85. The van der Waals surface area contributed by atoms with Crippen LogP contribution >= 0.6 is 11.6 Å². The van der Waals surface area contributed by atoms with Crippen LogP contribution in [0.25, 0.3) is 0 Å². The molecular weight excluding hydrogens is 536 g/mol. The first-order valence-electron chi connectivity index (χ1n) is 11.8. The summed E-state index contributed by atoms with van der Waals surface area (Å²) in [6.45, 7) is 4.86. The molecule has 204 valence electrons. The van der Waals surface area contributed by atoms with E-state index in [9.17, 15) is 17.6 Å². The highest BCUT2D eigenvalue weighted by Crippen LogP contribution is 2.40. The van der Waals surface area contributed by atoms with Crippen LogP contribution in [0, 0.1) is 25.5 Å². The quantitative estimate of drug-likeness (QED) is 0.249. The van der Waals surface area contributed by atoms with E-state index < -0.39 is 56.0 Å². The third kappa shape index (κ3) is 5.91. The molecule has 3 unspecified atom stereocenters. The van der Waals surface area contributed by atoms with Gasteiger partial charge in [0, 0.05) is 11.8 Å². The average Bonchev–Trinajstić information content (AvgIpc) is 2.91. The van der Waals surface area contributed by atoms with Crippen molar-refractivity contribution < 1.29 is 31.5 Å². The molecule has 3 rings (SSSR count). The highest BCUT2D eigenvalue weighted by atomic mass is 35.5. The number of carbonyl (C=O) groups excluding carboxylic acids is 1. The fraction of sp³-hybridized carbons (Fsp3) is 0.321. The van der Waals surface area contributed by atoms with Crippen LogP contribution in [0.2, 0.25) is 0 Å². The van der Waals surface area contributed by atoms with Gasteiger partial charge in [0.2, 0.25) is 10.0 Å². The summed E-state index contributed by atoms with van der Waals surface area (Å²) in [5.74, 6) is -4.48. The summed E-state index contributed by atoms with van der Waals surface area (Å²) in [4.78, 5) is 13.0. The first-order chi connectivity index (χ1) is 18.0. The predicted octanol–water partition coefficient (Wildman–Crippen LogP) is 5.40. The van der Waals surface area contributed by atoms with Crippen LogP contribution in [-0.4, -0.2) is 39.0 Å². The molecule has 0 radical (unpaired) electrons. The molecule has 3 aromatic carbocycles. The van der Waals surface area contributed by atoms with Gasteiger partial charge in [-0.2, -0.15) is 4.72 Å². The number of alkyl halides is 1. The summed E-state index contributed by atoms with van der Waals surface area (Å²) >= 11 is 6.41. The number of hydrogen-bond donors (Lipinski definition) is 1. The summed E-state index contributed by atoms with van der Waals surface area (Å²) in [6, 6.07) is 16.5. The van der Waals surface area contributed by atoms with Gasteiger partial charge in [0.25, 0.3) is 0 Å². The summed E-state index contributed by atoms with van der Waals surface area (Å²) in [7, 11) is -3.64. The molecule has 0 aliphatic heterocycles. The van der Waals surface area contributed by atoms with Gasteiger partial charge in [-0.25, -0.2) is 22.0 Å². The molecule has 6 nitrogen and oxygen atoms in total. The van der Waals surface area contributed by atoms with E-state index in [0.717, 1.165) is 24.8 Å². The molecule has 38 heavy (non-hydrogen) atoms. The molecule has 0 bridgehead atoms. The number of carbonyl (C=O) groups is 1. The smallest absolute Gasteiger partial charge is 0.330 e. The molecule has 0 aliphatic carbocycles. The fourth-order valence-electron chi connectivity index (χ4n) is 4.48. The summed E-state index contributed by atoms with van der Waals surface area (Å²) in [5, 5.41) is 0. The maximum absolute atomic E-state index is 15.4. The Balaban J connectivity index is 2.26. The van der Waals surface area contributed by atoms with Crippen molar-refractivity contribution in [3.63, 3.8) is 0 Å². The van der Waals surface area contributed by atoms with Gasteiger partial charge in [-0.1, -0.05) is 48.5 Å². The van der Waals surface area contributed by atoms with Gasteiger partial charge in [0.05, 0.1) is 19.8 Å². The highest BCUT2D eigenvalue weighted by molar-refractivity contribution is 7.89. The highest BCUT2D eigenvalue weighted by Gasteiger charge is 2.56. The van der Waals surface area contributed by atoms with Gasteiger partial charge in [-0.3, -0.25) is 0 Å². The topological polar surface area (TPSA) is 81.7 Å². The molecule has 10 heteroatoms. The van der Waals surface area contributed by atoms with Crippen molar-refractivity contribution in [3.05, 3.63) is 101 Å². The lowest BCUT2D eigenvalue weighted by Crippen LogP contribution is -2.66. The third-order valence-corrected chi connectivity index (χ3v) is 8.55. The monoisotopic (exact) mass is 565 g/mol. The second kappa shape index (κ2) is 12.3. The number of methoxy groups -OCH3 is 1. The molecule has 0 aliphatic rings. The Kier molecular flexibility index (Phi) is 9.64. The lowest BCUT2D eigenvalue weighted by Gasteiger charge is -2.42. The second-order valence-corrected chi connectivity index (χ2v) is 10.9. The van der Waals surface area contributed by atoms with E-state index in [1.54, 1.807) is 44.2 Å². The number of halogens is 3. The van der Waals surface area contributed by atoms with Crippen LogP contribution in [-0.2, 0) is 30.9 Å². The van der Waals surface area contributed by atoms with Gasteiger partial charge >= 0.3 is 5.97 Å². The SMILES string of the molecule is COC(=O)C(NS(=O)(=O)c1ccccc1F)(C(C)OCc1ccccc1)C(CCl)c1c(F)ccc(C)c1C. The van der Waals surface area contributed by atoms with Crippen molar-refractivity contribution in [3.8, 4) is 0 Å². The molecule has 0 fully saturated rings. The number of sulfonamides is 1. The van der Waals surface area contributed by atoms with Crippen molar-refractivity contribution in [2.45, 2.75) is 49.8 Å². The summed E-state index contributed by atoms with van der Waals surface area (Å²) in [6.07, 6.45) is -1.25. The van der Waals surface area contributed by atoms with Crippen LogP contribution in [0.5, 0.6) is 0 Å². The third-order valence-electron chi connectivity index (χ3n) is 6.72. The molecule has 0 heterocycles. The fourth-order valence-corrected chi connectivity index (χ4v) is 6.41. The van der Waals surface area contributed by atoms with Gasteiger partial charge < -0.3 is 9.47 Å². The number of rotatable bonds is 11. The van der Waals surface area contributed by atoms with Crippen LogP contribution in [0.3, 0.4) is 0 Å². The maximum atomic E-state index is 15.4. The average molecular weight is 566 g/mol. The van der Waals surface area contributed by atoms with Gasteiger partial charge in [0.15, 0.2) is 5.54 Å². The normalized spacial score (nSPS) is 14.9. The Labute approximate surface area is 227 Å². The zero-order valence-corrected chi connectivity index (χ0v) is 23.1. The number of ether oxygens (including phenoxy) is 2. The Morgan fingerprint density at radius 2 is 1.63 bits per heavy atom. The minimum atomic E-state index is -4.72. The number of esters is 1. The largest absolute Gasteiger partial charge is 0.468 e. The van der Waals surface area contributed by atoms with Crippen LogP contribution in [0.15, 0.2) is 71.6 Å². The van der Waals surface area contributed by atoms with E-state index in [-0.39, 0.29) is 12.2 Å². The lowest BCUT2D eigenvalue weighted by molar-refractivity contribution is -0.156. The van der Waals surface area contributed by atoms with E-state index in [2.05, 4.69) is 4.72 Å². The van der Waals surface area contributed by atoms with E-state index in [1.165, 1.54) is 25.1 Å². The van der Waals surface area contributed by atoms with Crippen molar-refractivity contribution >= 4 is 27.6 Å². The molecule has 0 saturated heterocycles. The Morgan fingerprint density at radius 1 is 1.00 bits per heavy atom.